The molecule has 0 saturated carbocycles. The van der Waals surface area contributed by atoms with Crippen molar-refractivity contribution in [1.29, 1.82) is 0 Å². The second kappa shape index (κ2) is 22.6. The van der Waals surface area contributed by atoms with Crippen LogP contribution in [0, 0.1) is 0 Å². The van der Waals surface area contributed by atoms with Crippen molar-refractivity contribution in [3.8, 4) is 0 Å². The Morgan fingerprint density at radius 1 is 0.848 bits per heavy atom. The smallest absolute Gasteiger partial charge is 0.305 e. The number of carbonyl (C=O) groups is 2. The summed E-state index contributed by atoms with van der Waals surface area (Å²) in [6, 6.07) is 0. The number of carbonyl (C=O) groups excluding carboxylic acids is 2. The highest BCUT2D eigenvalue weighted by molar-refractivity contribution is 7.85. The molecule has 0 fully saturated rings. The minimum absolute atomic E-state index is 0.0728. The molecule has 0 aromatic carbocycles. The van der Waals surface area contributed by atoms with E-state index in [4.69, 9.17) is 23.5 Å². The number of hydrogen-bond acceptors (Lipinski definition) is 8. The first-order chi connectivity index (χ1) is 15.9. The summed E-state index contributed by atoms with van der Waals surface area (Å²) in [7, 11) is -4.09. The van der Waals surface area contributed by atoms with Gasteiger partial charge in [-0.3, -0.25) is 14.1 Å². The standard InChI is InChI=1S/C23H44O9S/c1-2-3-4-5-6-7-8-9-10-11-12-13-14-15-23(25)31-19-22(32-20-24)18-30-21-29-16-17-33(26,27)28/h20,22H,2-19,21H2,1H3,(H,26,27,28)/t22-/m0/s1. The molecule has 0 saturated heterocycles. The van der Waals surface area contributed by atoms with Crippen LogP contribution in [0.4, 0.5) is 0 Å². The van der Waals surface area contributed by atoms with Crippen molar-refractivity contribution in [3.05, 3.63) is 0 Å². The molecule has 0 aliphatic heterocycles. The van der Waals surface area contributed by atoms with E-state index in [1.807, 2.05) is 0 Å². The van der Waals surface area contributed by atoms with Gasteiger partial charge in [-0.1, -0.05) is 84.0 Å². The van der Waals surface area contributed by atoms with Crippen LogP contribution < -0.4 is 0 Å². The fraction of sp³-hybridized carbons (Fsp3) is 0.913. The van der Waals surface area contributed by atoms with E-state index in [0.29, 0.717) is 6.42 Å². The van der Waals surface area contributed by atoms with Gasteiger partial charge in [0.15, 0.2) is 6.10 Å². The Kier molecular flexibility index (Phi) is 21.7. The zero-order chi connectivity index (χ0) is 24.6. The molecule has 0 bridgehead atoms. The largest absolute Gasteiger partial charge is 0.462 e. The van der Waals surface area contributed by atoms with Crippen LogP contribution in [0.2, 0.25) is 0 Å². The molecule has 0 radical (unpaired) electrons. The van der Waals surface area contributed by atoms with Gasteiger partial charge in [0.2, 0.25) is 0 Å². The van der Waals surface area contributed by atoms with Crippen molar-refractivity contribution in [2.45, 2.75) is 103 Å². The van der Waals surface area contributed by atoms with Crippen LogP contribution in [0.15, 0.2) is 0 Å². The third kappa shape index (κ3) is 25.2. The summed E-state index contributed by atoms with van der Waals surface area (Å²) in [6.45, 7) is 1.81. The van der Waals surface area contributed by atoms with E-state index < -0.39 is 22.0 Å². The van der Waals surface area contributed by atoms with Crippen molar-refractivity contribution in [1.82, 2.24) is 0 Å². The highest BCUT2D eigenvalue weighted by atomic mass is 32.2. The van der Waals surface area contributed by atoms with Crippen LogP contribution in [0.3, 0.4) is 0 Å². The summed E-state index contributed by atoms with van der Waals surface area (Å²) < 4.78 is 49.6. The van der Waals surface area contributed by atoms with Gasteiger partial charge in [0.25, 0.3) is 16.6 Å². The average Bonchev–Trinajstić information content (AvgIpc) is 2.76. The van der Waals surface area contributed by atoms with Crippen LogP contribution in [0.25, 0.3) is 0 Å². The lowest BCUT2D eigenvalue weighted by Crippen LogP contribution is -2.27. The summed E-state index contributed by atoms with van der Waals surface area (Å²) in [6.07, 6.45) is 15.6. The Balaban J connectivity index is 3.59. The second-order valence-electron chi connectivity index (χ2n) is 8.21. The summed E-state index contributed by atoms with van der Waals surface area (Å²) in [5.41, 5.74) is 0. The molecule has 0 rings (SSSR count). The minimum Gasteiger partial charge on any atom is -0.462 e. The number of esters is 1. The predicted molar refractivity (Wildman–Crippen MR) is 125 cm³/mol. The minimum atomic E-state index is -4.09. The van der Waals surface area contributed by atoms with Crippen molar-refractivity contribution >= 4 is 22.6 Å². The highest BCUT2D eigenvalue weighted by Crippen LogP contribution is 2.13. The number of rotatable bonds is 25. The van der Waals surface area contributed by atoms with E-state index in [-0.39, 0.29) is 39.1 Å². The first-order valence-electron chi connectivity index (χ1n) is 12.2. The molecular formula is C23H44O9S. The first-order valence-corrected chi connectivity index (χ1v) is 13.8. The molecule has 9 nitrogen and oxygen atoms in total. The van der Waals surface area contributed by atoms with Gasteiger partial charge in [-0.15, -0.1) is 0 Å². The van der Waals surface area contributed by atoms with E-state index >= 15 is 0 Å². The van der Waals surface area contributed by atoms with Gasteiger partial charge in [0.1, 0.15) is 13.4 Å². The fourth-order valence-electron chi connectivity index (χ4n) is 3.21. The van der Waals surface area contributed by atoms with Gasteiger partial charge in [0, 0.05) is 6.42 Å². The van der Waals surface area contributed by atoms with E-state index in [1.54, 1.807) is 0 Å². The Morgan fingerprint density at radius 2 is 1.39 bits per heavy atom. The topological polar surface area (TPSA) is 125 Å². The van der Waals surface area contributed by atoms with Crippen LogP contribution in [-0.2, 0) is 38.7 Å². The number of unbranched alkanes of at least 4 members (excludes halogenated alkanes) is 12. The van der Waals surface area contributed by atoms with Crippen LogP contribution in [0.5, 0.6) is 0 Å². The van der Waals surface area contributed by atoms with Gasteiger partial charge in [-0.2, -0.15) is 8.42 Å². The third-order valence-electron chi connectivity index (χ3n) is 5.12. The lowest BCUT2D eigenvalue weighted by atomic mass is 10.0. The molecule has 196 valence electrons. The molecule has 1 atom stereocenters. The van der Waals surface area contributed by atoms with Crippen molar-refractivity contribution in [2.24, 2.45) is 0 Å². The monoisotopic (exact) mass is 496 g/mol. The zero-order valence-electron chi connectivity index (χ0n) is 20.2. The van der Waals surface area contributed by atoms with E-state index in [9.17, 15) is 18.0 Å². The zero-order valence-corrected chi connectivity index (χ0v) is 21.0. The molecule has 0 amide bonds. The van der Waals surface area contributed by atoms with E-state index in [2.05, 4.69) is 6.92 Å². The van der Waals surface area contributed by atoms with Gasteiger partial charge < -0.3 is 18.9 Å². The lowest BCUT2D eigenvalue weighted by Gasteiger charge is -2.15. The van der Waals surface area contributed by atoms with Crippen molar-refractivity contribution < 1.29 is 41.5 Å². The predicted octanol–water partition coefficient (Wildman–Crippen LogP) is 4.43. The Morgan fingerprint density at radius 3 is 1.91 bits per heavy atom. The summed E-state index contributed by atoms with van der Waals surface area (Å²) in [5, 5.41) is 0. The highest BCUT2D eigenvalue weighted by Gasteiger charge is 2.13. The molecular weight excluding hydrogens is 452 g/mol. The average molecular weight is 497 g/mol. The second-order valence-corrected chi connectivity index (χ2v) is 9.78. The first kappa shape index (κ1) is 31.8. The molecule has 10 heteroatoms. The van der Waals surface area contributed by atoms with Crippen molar-refractivity contribution in [2.75, 3.05) is 32.4 Å². The fourth-order valence-corrected chi connectivity index (χ4v) is 3.54. The van der Waals surface area contributed by atoms with Gasteiger partial charge in [-0.25, -0.2) is 0 Å². The maximum Gasteiger partial charge on any atom is 0.305 e. The van der Waals surface area contributed by atoms with E-state index in [0.717, 1.165) is 19.3 Å². The molecule has 33 heavy (non-hydrogen) atoms. The van der Waals surface area contributed by atoms with Crippen LogP contribution in [-0.4, -0.2) is 63.9 Å². The molecule has 0 unspecified atom stereocenters. The van der Waals surface area contributed by atoms with Crippen LogP contribution >= 0.6 is 0 Å². The molecule has 0 spiro atoms. The molecule has 0 aromatic rings. The molecule has 1 N–H and O–H groups in total. The summed E-state index contributed by atoms with van der Waals surface area (Å²) in [5.74, 6) is -0.886. The molecule has 0 heterocycles. The molecule has 0 aliphatic carbocycles. The maximum atomic E-state index is 11.9. The third-order valence-corrected chi connectivity index (χ3v) is 5.80. The Labute approximate surface area is 199 Å². The van der Waals surface area contributed by atoms with Gasteiger partial charge >= 0.3 is 5.97 Å². The van der Waals surface area contributed by atoms with Gasteiger partial charge in [0.05, 0.1) is 19.0 Å². The maximum absolute atomic E-state index is 11.9. The molecule has 0 aliphatic rings. The molecule has 0 aromatic heterocycles. The van der Waals surface area contributed by atoms with Gasteiger partial charge in [-0.05, 0) is 6.42 Å². The number of hydrogen-bond donors (Lipinski definition) is 1. The lowest BCUT2D eigenvalue weighted by molar-refractivity contribution is -0.157. The summed E-state index contributed by atoms with van der Waals surface area (Å²) >= 11 is 0. The summed E-state index contributed by atoms with van der Waals surface area (Å²) in [4.78, 5) is 22.4. The Hall–Kier alpha value is -1.23. The number of ether oxygens (including phenoxy) is 4. The quantitative estimate of drug-likeness (QED) is 0.0642. The van der Waals surface area contributed by atoms with Crippen LogP contribution in [0.1, 0.15) is 96.8 Å². The van der Waals surface area contributed by atoms with E-state index in [1.165, 1.54) is 64.2 Å². The Bertz CT molecular complexity index is 566. The normalized spacial score (nSPS) is 12.4. The van der Waals surface area contributed by atoms with Crippen molar-refractivity contribution in [3.63, 3.8) is 0 Å². The SMILES string of the molecule is CCCCCCCCCCCCCCCC(=O)OC[C@H](COCOCCS(=O)(=O)O)OC=O.